The number of carbonyl (C=O) groups is 1. The van der Waals surface area contributed by atoms with Crippen LogP contribution in [0.4, 0.5) is 0 Å². The summed E-state index contributed by atoms with van der Waals surface area (Å²) in [5.41, 5.74) is 0.929. The standard InChI is InChI=1S/C9H14N2O3S2/c1-7-3-6-15-8(7)9(12)10-4-5-11-16(2,13)14/h3,6,11H,4-5H2,1-2H3,(H,10,12). The van der Waals surface area contributed by atoms with Gasteiger partial charge in [-0.1, -0.05) is 0 Å². The molecule has 0 spiro atoms. The molecule has 1 aromatic rings. The molecule has 0 bridgehead atoms. The molecule has 1 rings (SSSR count). The van der Waals surface area contributed by atoms with Gasteiger partial charge in [-0.2, -0.15) is 0 Å². The SMILES string of the molecule is Cc1ccsc1C(=O)NCCNS(C)(=O)=O. The van der Waals surface area contributed by atoms with Crippen molar-refractivity contribution in [3.05, 3.63) is 21.9 Å². The molecule has 0 aliphatic rings. The number of amides is 1. The smallest absolute Gasteiger partial charge is 0.261 e. The van der Waals surface area contributed by atoms with Crippen LogP contribution in [0.25, 0.3) is 0 Å². The van der Waals surface area contributed by atoms with E-state index in [2.05, 4.69) is 10.0 Å². The van der Waals surface area contributed by atoms with E-state index in [0.29, 0.717) is 4.88 Å². The Balaban J connectivity index is 2.35. The first-order valence-corrected chi connectivity index (χ1v) is 7.44. The van der Waals surface area contributed by atoms with Gasteiger partial charge in [-0.25, -0.2) is 13.1 Å². The van der Waals surface area contributed by atoms with Gasteiger partial charge in [0.05, 0.1) is 11.1 Å². The lowest BCUT2D eigenvalue weighted by atomic mass is 10.3. The highest BCUT2D eigenvalue weighted by Crippen LogP contribution is 2.14. The Bertz CT molecular complexity index is 465. The van der Waals surface area contributed by atoms with Crippen LogP contribution < -0.4 is 10.0 Å². The molecule has 1 amide bonds. The zero-order valence-corrected chi connectivity index (χ0v) is 10.7. The molecule has 0 fully saturated rings. The van der Waals surface area contributed by atoms with Crippen molar-refractivity contribution < 1.29 is 13.2 Å². The van der Waals surface area contributed by atoms with Crippen molar-refractivity contribution in [1.29, 1.82) is 0 Å². The lowest BCUT2D eigenvalue weighted by Crippen LogP contribution is -2.34. The van der Waals surface area contributed by atoms with E-state index in [9.17, 15) is 13.2 Å². The molecular formula is C9H14N2O3S2. The maximum absolute atomic E-state index is 11.6. The van der Waals surface area contributed by atoms with Gasteiger partial charge in [0.1, 0.15) is 0 Å². The summed E-state index contributed by atoms with van der Waals surface area (Å²) in [7, 11) is -3.18. The fourth-order valence-electron chi connectivity index (χ4n) is 1.10. The Hall–Kier alpha value is -0.920. The van der Waals surface area contributed by atoms with Crippen LogP contribution in [0.2, 0.25) is 0 Å². The lowest BCUT2D eigenvalue weighted by molar-refractivity contribution is 0.0958. The molecule has 0 aliphatic heterocycles. The average molecular weight is 262 g/mol. The molecule has 0 saturated heterocycles. The van der Waals surface area contributed by atoms with Crippen LogP contribution in [-0.2, 0) is 10.0 Å². The predicted molar refractivity (Wildman–Crippen MR) is 64.2 cm³/mol. The molecule has 5 nitrogen and oxygen atoms in total. The monoisotopic (exact) mass is 262 g/mol. The fraction of sp³-hybridized carbons (Fsp3) is 0.444. The third kappa shape index (κ3) is 4.30. The third-order valence-electron chi connectivity index (χ3n) is 1.84. The van der Waals surface area contributed by atoms with Crippen LogP contribution in [0, 0.1) is 6.92 Å². The first-order valence-electron chi connectivity index (χ1n) is 4.67. The van der Waals surface area contributed by atoms with Crippen LogP contribution in [0.5, 0.6) is 0 Å². The first kappa shape index (κ1) is 13.1. The van der Waals surface area contributed by atoms with Crippen molar-refractivity contribution in [3.8, 4) is 0 Å². The Morgan fingerprint density at radius 1 is 1.44 bits per heavy atom. The van der Waals surface area contributed by atoms with E-state index in [4.69, 9.17) is 0 Å². The molecule has 1 aromatic heterocycles. The van der Waals surface area contributed by atoms with Crippen molar-refractivity contribution in [3.63, 3.8) is 0 Å². The van der Waals surface area contributed by atoms with Crippen molar-refractivity contribution in [2.45, 2.75) is 6.92 Å². The molecule has 1 heterocycles. The second-order valence-electron chi connectivity index (χ2n) is 3.36. The highest BCUT2D eigenvalue weighted by molar-refractivity contribution is 7.88. The molecule has 0 aromatic carbocycles. The highest BCUT2D eigenvalue weighted by Gasteiger charge is 2.09. The van der Waals surface area contributed by atoms with Crippen LogP contribution in [0.1, 0.15) is 15.2 Å². The Labute approximate surface area is 98.9 Å². The topological polar surface area (TPSA) is 75.3 Å². The zero-order valence-electron chi connectivity index (χ0n) is 9.11. The summed E-state index contributed by atoms with van der Waals surface area (Å²) >= 11 is 1.37. The number of carbonyl (C=O) groups excluding carboxylic acids is 1. The second kappa shape index (κ2) is 5.42. The number of nitrogens with one attached hydrogen (secondary N) is 2. The van der Waals surface area contributed by atoms with Gasteiger partial charge >= 0.3 is 0 Å². The third-order valence-corrected chi connectivity index (χ3v) is 3.59. The van der Waals surface area contributed by atoms with Crippen molar-refractivity contribution in [1.82, 2.24) is 10.0 Å². The Morgan fingerprint density at radius 3 is 2.62 bits per heavy atom. The number of hydrogen-bond acceptors (Lipinski definition) is 4. The number of hydrogen-bond donors (Lipinski definition) is 2. The zero-order chi connectivity index (χ0) is 12.2. The van der Waals surface area contributed by atoms with Gasteiger partial charge < -0.3 is 5.32 Å². The molecule has 16 heavy (non-hydrogen) atoms. The number of sulfonamides is 1. The largest absolute Gasteiger partial charge is 0.350 e. The molecule has 2 N–H and O–H groups in total. The van der Waals surface area contributed by atoms with Crippen LogP contribution in [-0.4, -0.2) is 33.7 Å². The lowest BCUT2D eigenvalue weighted by Gasteiger charge is -2.04. The Morgan fingerprint density at radius 2 is 2.12 bits per heavy atom. The maximum Gasteiger partial charge on any atom is 0.261 e. The minimum Gasteiger partial charge on any atom is -0.350 e. The van der Waals surface area contributed by atoms with Crippen LogP contribution in [0.3, 0.4) is 0 Å². The van der Waals surface area contributed by atoms with Gasteiger partial charge in [0.15, 0.2) is 0 Å². The molecule has 7 heteroatoms. The van der Waals surface area contributed by atoms with Crippen LogP contribution >= 0.6 is 11.3 Å². The minimum atomic E-state index is -3.18. The molecule has 0 atom stereocenters. The summed E-state index contributed by atoms with van der Waals surface area (Å²) in [5, 5.41) is 4.49. The number of aryl methyl sites for hydroxylation is 1. The molecule has 0 aliphatic carbocycles. The highest BCUT2D eigenvalue weighted by atomic mass is 32.2. The van der Waals surface area contributed by atoms with E-state index in [0.717, 1.165) is 11.8 Å². The number of thiophene rings is 1. The van der Waals surface area contributed by atoms with Gasteiger partial charge in [-0.15, -0.1) is 11.3 Å². The van der Waals surface area contributed by atoms with Gasteiger partial charge in [-0.3, -0.25) is 4.79 Å². The first-order chi connectivity index (χ1) is 7.40. The van der Waals surface area contributed by atoms with Crippen LogP contribution in [0.15, 0.2) is 11.4 Å². The van der Waals surface area contributed by atoms with E-state index in [-0.39, 0.29) is 19.0 Å². The summed E-state index contributed by atoms with van der Waals surface area (Å²) < 4.78 is 23.8. The van der Waals surface area contributed by atoms with Gasteiger partial charge in [-0.05, 0) is 23.9 Å². The van der Waals surface area contributed by atoms with E-state index in [1.807, 2.05) is 18.4 Å². The average Bonchev–Trinajstić information content (AvgIpc) is 2.57. The second-order valence-corrected chi connectivity index (χ2v) is 6.10. The molecule has 90 valence electrons. The van der Waals surface area contributed by atoms with Gasteiger partial charge in [0.2, 0.25) is 10.0 Å². The fourth-order valence-corrected chi connectivity index (χ4v) is 2.41. The van der Waals surface area contributed by atoms with Gasteiger partial charge in [0, 0.05) is 13.1 Å². The summed E-state index contributed by atoms with van der Waals surface area (Å²) in [6, 6.07) is 1.87. The molecule has 0 saturated carbocycles. The predicted octanol–water partition coefficient (Wildman–Crippen LogP) is 0.336. The van der Waals surface area contributed by atoms with E-state index in [1.165, 1.54) is 11.3 Å². The van der Waals surface area contributed by atoms with E-state index < -0.39 is 10.0 Å². The van der Waals surface area contributed by atoms with Crippen molar-refractivity contribution in [2.24, 2.45) is 0 Å². The summed E-state index contributed by atoms with van der Waals surface area (Å²) in [5.74, 6) is -0.164. The van der Waals surface area contributed by atoms with Gasteiger partial charge in [0.25, 0.3) is 5.91 Å². The normalized spacial score (nSPS) is 11.4. The maximum atomic E-state index is 11.6. The quantitative estimate of drug-likeness (QED) is 0.751. The van der Waals surface area contributed by atoms with Crippen molar-refractivity contribution >= 4 is 27.3 Å². The summed E-state index contributed by atoms with van der Waals surface area (Å²) in [6.45, 7) is 2.35. The molecular weight excluding hydrogens is 248 g/mol. The van der Waals surface area contributed by atoms with Crippen molar-refractivity contribution in [2.75, 3.05) is 19.3 Å². The molecule has 0 radical (unpaired) electrons. The molecule has 0 unspecified atom stereocenters. The summed E-state index contributed by atoms with van der Waals surface area (Å²) in [4.78, 5) is 12.2. The minimum absolute atomic E-state index is 0.164. The van der Waals surface area contributed by atoms with E-state index >= 15 is 0 Å². The number of rotatable bonds is 5. The Kier molecular flexibility index (Phi) is 4.45. The van der Waals surface area contributed by atoms with E-state index in [1.54, 1.807) is 0 Å². The summed E-state index contributed by atoms with van der Waals surface area (Å²) in [6.07, 6.45) is 1.08.